The van der Waals surface area contributed by atoms with Crippen LogP contribution in [0.25, 0.3) is 10.9 Å². The number of hydrogen-bond donors (Lipinski definition) is 2. The van der Waals surface area contributed by atoms with Crippen LogP contribution in [0.2, 0.25) is 0 Å². The predicted octanol–water partition coefficient (Wildman–Crippen LogP) is 1.77. The van der Waals surface area contributed by atoms with Crippen molar-refractivity contribution in [2.45, 2.75) is 18.9 Å². The number of aromatic amines is 1. The van der Waals surface area contributed by atoms with E-state index in [0.717, 1.165) is 16.5 Å². The zero-order chi connectivity index (χ0) is 13.4. The molecule has 1 aliphatic heterocycles. The Morgan fingerprint density at radius 2 is 2.16 bits per heavy atom. The Hall–Kier alpha value is -2.30. The number of rotatable bonds is 2. The lowest BCUT2D eigenvalue weighted by Crippen LogP contribution is -2.28. The van der Waals surface area contributed by atoms with Crippen LogP contribution in [0.15, 0.2) is 35.5 Å². The standard InChI is InChI=1S/C14H15N3O2/c1-8(12-13(18)17-14(15-2)19-12)10-7-16-11-6-4-3-5-9(10)11/h3-8,12,16H,1-2H3,(H,15,17,18)/t8?,12-/m1/s1. The molecule has 98 valence electrons. The van der Waals surface area contributed by atoms with Crippen molar-refractivity contribution < 1.29 is 9.53 Å². The number of carbonyl (C=O) groups excluding carboxylic acids is 1. The Morgan fingerprint density at radius 1 is 1.37 bits per heavy atom. The van der Waals surface area contributed by atoms with Gasteiger partial charge in [-0.25, -0.2) is 4.99 Å². The van der Waals surface area contributed by atoms with Gasteiger partial charge in [0.05, 0.1) is 0 Å². The highest BCUT2D eigenvalue weighted by molar-refractivity contribution is 6.02. The van der Waals surface area contributed by atoms with E-state index in [2.05, 4.69) is 15.3 Å². The first-order valence-corrected chi connectivity index (χ1v) is 6.21. The van der Waals surface area contributed by atoms with E-state index in [0.29, 0.717) is 6.02 Å². The van der Waals surface area contributed by atoms with E-state index in [9.17, 15) is 4.79 Å². The summed E-state index contributed by atoms with van der Waals surface area (Å²) >= 11 is 0. The third kappa shape index (κ3) is 1.87. The van der Waals surface area contributed by atoms with Crippen LogP contribution in [-0.4, -0.2) is 30.1 Å². The van der Waals surface area contributed by atoms with Gasteiger partial charge in [0.25, 0.3) is 11.9 Å². The van der Waals surface area contributed by atoms with Crippen molar-refractivity contribution in [1.82, 2.24) is 10.3 Å². The average molecular weight is 257 g/mol. The number of aliphatic imine (C=N–C) groups is 1. The van der Waals surface area contributed by atoms with Crippen LogP contribution in [0.5, 0.6) is 0 Å². The third-order valence-electron chi connectivity index (χ3n) is 3.50. The second kappa shape index (κ2) is 4.42. The Morgan fingerprint density at radius 3 is 2.89 bits per heavy atom. The van der Waals surface area contributed by atoms with Crippen LogP contribution in [0.1, 0.15) is 18.4 Å². The third-order valence-corrected chi connectivity index (χ3v) is 3.50. The van der Waals surface area contributed by atoms with Gasteiger partial charge in [0, 0.05) is 30.1 Å². The minimum Gasteiger partial charge on any atom is -0.451 e. The molecule has 19 heavy (non-hydrogen) atoms. The van der Waals surface area contributed by atoms with Crippen molar-refractivity contribution >= 4 is 22.8 Å². The molecule has 1 aromatic carbocycles. The molecule has 2 N–H and O–H groups in total. The fourth-order valence-corrected chi connectivity index (χ4v) is 2.45. The number of fused-ring (bicyclic) bond motifs is 1. The summed E-state index contributed by atoms with van der Waals surface area (Å²) in [6, 6.07) is 8.32. The van der Waals surface area contributed by atoms with Gasteiger partial charge in [0.1, 0.15) is 0 Å². The zero-order valence-electron chi connectivity index (χ0n) is 10.8. The summed E-state index contributed by atoms with van der Waals surface area (Å²) < 4.78 is 5.53. The van der Waals surface area contributed by atoms with E-state index in [4.69, 9.17) is 4.74 Å². The zero-order valence-corrected chi connectivity index (χ0v) is 10.8. The second-order valence-electron chi connectivity index (χ2n) is 4.63. The maximum atomic E-state index is 11.9. The van der Waals surface area contributed by atoms with Gasteiger partial charge >= 0.3 is 0 Å². The highest BCUT2D eigenvalue weighted by Gasteiger charge is 2.36. The first-order valence-electron chi connectivity index (χ1n) is 6.21. The number of aromatic nitrogens is 1. The molecule has 1 amide bonds. The van der Waals surface area contributed by atoms with Crippen LogP contribution < -0.4 is 5.32 Å². The van der Waals surface area contributed by atoms with Crippen molar-refractivity contribution in [3.05, 3.63) is 36.0 Å². The Balaban J connectivity index is 1.96. The molecule has 3 rings (SSSR count). The van der Waals surface area contributed by atoms with Gasteiger partial charge in [-0.2, -0.15) is 0 Å². The molecule has 5 nitrogen and oxygen atoms in total. The molecule has 1 saturated heterocycles. The molecule has 2 atom stereocenters. The van der Waals surface area contributed by atoms with Gasteiger partial charge in [-0.3, -0.25) is 10.1 Å². The molecule has 2 heterocycles. The maximum Gasteiger partial charge on any atom is 0.292 e. The number of amidine groups is 1. The summed E-state index contributed by atoms with van der Waals surface area (Å²) in [6.07, 6.45) is 1.41. The lowest BCUT2D eigenvalue weighted by molar-refractivity contribution is -0.124. The minimum absolute atomic E-state index is 0.0459. The molecule has 1 unspecified atom stereocenters. The van der Waals surface area contributed by atoms with Crippen molar-refractivity contribution in [1.29, 1.82) is 0 Å². The van der Waals surface area contributed by atoms with Gasteiger partial charge < -0.3 is 9.72 Å². The van der Waals surface area contributed by atoms with Crippen LogP contribution >= 0.6 is 0 Å². The molecule has 0 bridgehead atoms. The maximum absolute atomic E-state index is 11.9. The molecule has 1 fully saturated rings. The smallest absolute Gasteiger partial charge is 0.292 e. The number of para-hydroxylation sites is 1. The molecule has 2 aromatic rings. The normalized spacial score (nSPS) is 22.5. The monoisotopic (exact) mass is 257 g/mol. The topological polar surface area (TPSA) is 66.5 Å². The van der Waals surface area contributed by atoms with Crippen LogP contribution in [-0.2, 0) is 9.53 Å². The lowest BCUT2D eigenvalue weighted by Gasteiger charge is -2.15. The molecule has 0 spiro atoms. The number of amides is 1. The summed E-state index contributed by atoms with van der Waals surface area (Å²) in [4.78, 5) is 19.0. The molecule has 0 aliphatic carbocycles. The van der Waals surface area contributed by atoms with E-state index < -0.39 is 6.10 Å². The number of benzene rings is 1. The molecule has 5 heteroatoms. The van der Waals surface area contributed by atoms with Gasteiger partial charge in [-0.05, 0) is 11.6 Å². The van der Waals surface area contributed by atoms with Gasteiger partial charge in [0.15, 0.2) is 6.10 Å². The first kappa shape index (κ1) is 11.8. The second-order valence-corrected chi connectivity index (χ2v) is 4.63. The highest BCUT2D eigenvalue weighted by Crippen LogP contribution is 2.30. The number of nitrogens with zero attached hydrogens (tertiary/aromatic N) is 1. The minimum atomic E-state index is -0.530. The Bertz CT molecular complexity index is 660. The largest absolute Gasteiger partial charge is 0.451 e. The fraction of sp³-hybridized carbons (Fsp3) is 0.286. The average Bonchev–Trinajstić information content (AvgIpc) is 3.01. The number of ether oxygens (including phenoxy) is 1. The number of nitrogens with one attached hydrogen (secondary N) is 2. The van der Waals surface area contributed by atoms with Crippen LogP contribution in [0.3, 0.4) is 0 Å². The van der Waals surface area contributed by atoms with Gasteiger partial charge in [0.2, 0.25) is 0 Å². The van der Waals surface area contributed by atoms with Crippen LogP contribution in [0.4, 0.5) is 0 Å². The van der Waals surface area contributed by atoms with E-state index in [-0.39, 0.29) is 11.8 Å². The SMILES string of the molecule is CN=C1NC(=O)[C@@H](C(C)c2c[nH]c3ccccc23)O1. The molecule has 1 aliphatic rings. The Kier molecular flexibility index (Phi) is 2.74. The highest BCUT2D eigenvalue weighted by atomic mass is 16.5. The van der Waals surface area contributed by atoms with Crippen molar-refractivity contribution in [3.8, 4) is 0 Å². The van der Waals surface area contributed by atoms with E-state index in [1.165, 1.54) is 0 Å². The quantitative estimate of drug-likeness (QED) is 0.861. The molecule has 0 saturated carbocycles. The molecular formula is C14H15N3O2. The predicted molar refractivity (Wildman–Crippen MR) is 73.1 cm³/mol. The summed E-state index contributed by atoms with van der Waals surface area (Å²) in [5, 5.41) is 3.74. The lowest BCUT2D eigenvalue weighted by atomic mass is 9.94. The molecule has 1 aromatic heterocycles. The van der Waals surface area contributed by atoms with E-state index >= 15 is 0 Å². The summed E-state index contributed by atoms with van der Waals surface area (Å²) in [7, 11) is 1.59. The van der Waals surface area contributed by atoms with Crippen molar-refractivity contribution in [2.24, 2.45) is 4.99 Å². The van der Waals surface area contributed by atoms with E-state index in [1.54, 1.807) is 7.05 Å². The van der Waals surface area contributed by atoms with Crippen molar-refractivity contribution in [2.75, 3.05) is 7.05 Å². The first-order chi connectivity index (χ1) is 9.20. The Labute approximate surface area is 110 Å². The number of carbonyl (C=O) groups is 1. The molecule has 0 radical (unpaired) electrons. The van der Waals surface area contributed by atoms with E-state index in [1.807, 2.05) is 37.4 Å². The summed E-state index contributed by atoms with van der Waals surface area (Å²) in [5.74, 6) is -0.186. The summed E-state index contributed by atoms with van der Waals surface area (Å²) in [5.41, 5.74) is 2.14. The van der Waals surface area contributed by atoms with Gasteiger partial charge in [-0.1, -0.05) is 25.1 Å². The van der Waals surface area contributed by atoms with Gasteiger partial charge in [-0.15, -0.1) is 0 Å². The summed E-state index contributed by atoms with van der Waals surface area (Å²) in [6.45, 7) is 1.98. The number of hydrogen-bond acceptors (Lipinski definition) is 3. The van der Waals surface area contributed by atoms with Crippen LogP contribution in [0, 0.1) is 0 Å². The number of H-pyrrole nitrogens is 1. The van der Waals surface area contributed by atoms with Crippen molar-refractivity contribution in [3.63, 3.8) is 0 Å². The molecular weight excluding hydrogens is 242 g/mol. The fourth-order valence-electron chi connectivity index (χ4n) is 2.45.